The first-order chi connectivity index (χ1) is 15.2. The number of benzene rings is 3. The van der Waals surface area contributed by atoms with Crippen LogP contribution in [0.5, 0.6) is 0 Å². The molecule has 0 aliphatic heterocycles. The van der Waals surface area contributed by atoms with E-state index >= 15 is 0 Å². The Labute approximate surface area is 183 Å². The number of nitrogens with zero attached hydrogens (tertiary/aromatic N) is 2. The molecule has 1 amide bonds. The Balaban J connectivity index is 1.35. The zero-order chi connectivity index (χ0) is 21.2. The molecular weight excluding hydrogens is 406 g/mol. The van der Waals surface area contributed by atoms with Gasteiger partial charge in [0.25, 0.3) is 5.91 Å². The monoisotopic (exact) mass is 425 g/mol. The first kappa shape index (κ1) is 19.2. The largest absolute Gasteiger partial charge is 0.355 e. The van der Waals surface area contributed by atoms with Crippen LogP contribution in [-0.2, 0) is 6.42 Å². The summed E-state index contributed by atoms with van der Waals surface area (Å²) < 4.78 is 5.53. The lowest BCUT2D eigenvalue weighted by Gasteiger charge is -2.02. The van der Waals surface area contributed by atoms with E-state index in [0.29, 0.717) is 22.0 Å². The molecule has 152 valence electrons. The summed E-state index contributed by atoms with van der Waals surface area (Å²) in [6.45, 7) is 2.08. The molecule has 5 rings (SSSR count). The molecule has 0 atom stereocenters. The number of hydrogen-bond donors (Lipinski definition) is 1. The molecule has 0 fully saturated rings. The minimum Gasteiger partial charge on any atom is -0.355 e. The van der Waals surface area contributed by atoms with Crippen molar-refractivity contribution in [3.05, 3.63) is 101 Å². The number of amides is 1. The van der Waals surface area contributed by atoms with E-state index in [-0.39, 0.29) is 5.91 Å². The van der Waals surface area contributed by atoms with Gasteiger partial charge >= 0.3 is 0 Å². The van der Waals surface area contributed by atoms with E-state index in [0.717, 1.165) is 22.2 Å². The highest BCUT2D eigenvalue weighted by atomic mass is 32.1. The zero-order valence-electron chi connectivity index (χ0n) is 16.8. The summed E-state index contributed by atoms with van der Waals surface area (Å²) >= 11 is 1.49. The van der Waals surface area contributed by atoms with Gasteiger partial charge in [-0.1, -0.05) is 65.3 Å². The second kappa shape index (κ2) is 8.16. The van der Waals surface area contributed by atoms with E-state index in [1.807, 2.05) is 42.6 Å². The number of fused-ring (bicyclic) bond motifs is 1. The molecule has 0 bridgehead atoms. The quantitative estimate of drug-likeness (QED) is 0.369. The van der Waals surface area contributed by atoms with E-state index in [1.165, 1.54) is 22.5 Å². The van der Waals surface area contributed by atoms with Gasteiger partial charge in [-0.2, -0.15) is 0 Å². The Morgan fingerprint density at radius 1 is 1.03 bits per heavy atom. The second-order valence-corrected chi connectivity index (χ2v) is 8.48. The normalized spacial score (nSPS) is 11.0. The second-order valence-electron chi connectivity index (χ2n) is 7.36. The number of carbonyl (C=O) groups excluding carboxylic acids is 1. The van der Waals surface area contributed by atoms with Crippen molar-refractivity contribution in [3.8, 4) is 11.3 Å². The van der Waals surface area contributed by atoms with Crippen LogP contribution >= 0.6 is 11.3 Å². The molecule has 6 heteroatoms. The van der Waals surface area contributed by atoms with Crippen LogP contribution in [0, 0.1) is 6.92 Å². The van der Waals surface area contributed by atoms with Gasteiger partial charge in [0, 0.05) is 28.6 Å². The highest BCUT2D eigenvalue weighted by Crippen LogP contribution is 2.29. The van der Waals surface area contributed by atoms with Gasteiger partial charge in [-0.25, -0.2) is 4.98 Å². The Morgan fingerprint density at radius 2 is 1.90 bits per heavy atom. The molecule has 0 saturated carbocycles. The fourth-order valence-electron chi connectivity index (χ4n) is 3.52. The number of rotatable bonds is 5. The fraction of sp³-hybridized carbons (Fsp3) is 0.0800. The molecule has 0 saturated heterocycles. The van der Waals surface area contributed by atoms with E-state index in [4.69, 9.17) is 4.52 Å². The summed E-state index contributed by atoms with van der Waals surface area (Å²) in [5.74, 6) is 0.443. The van der Waals surface area contributed by atoms with Crippen LogP contribution in [0.1, 0.15) is 26.4 Å². The third-order valence-electron chi connectivity index (χ3n) is 5.01. The number of aryl methyl sites for hydroxylation is 1. The maximum Gasteiger partial charge on any atom is 0.257 e. The van der Waals surface area contributed by atoms with Crippen molar-refractivity contribution in [2.24, 2.45) is 0 Å². The molecular formula is C25H19N3O2S. The number of anilines is 1. The van der Waals surface area contributed by atoms with Crippen LogP contribution in [0.2, 0.25) is 0 Å². The number of thiazole rings is 1. The predicted molar refractivity (Wildman–Crippen MR) is 123 cm³/mol. The van der Waals surface area contributed by atoms with E-state index < -0.39 is 0 Å². The fourth-order valence-corrected chi connectivity index (χ4v) is 4.36. The smallest absolute Gasteiger partial charge is 0.257 e. The number of hydrogen-bond acceptors (Lipinski definition) is 5. The summed E-state index contributed by atoms with van der Waals surface area (Å²) in [6.07, 6.45) is 2.61. The van der Waals surface area contributed by atoms with Gasteiger partial charge in [0.2, 0.25) is 0 Å². The van der Waals surface area contributed by atoms with E-state index in [9.17, 15) is 4.79 Å². The first-order valence-electron chi connectivity index (χ1n) is 9.92. The lowest BCUT2D eigenvalue weighted by Crippen LogP contribution is -2.11. The van der Waals surface area contributed by atoms with Crippen molar-refractivity contribution < 1.29 is 9.32 Å². The van der Waals surface area contributed by atoms with Crippen molar-refractivity contribution in [1.82, 2.24) is 10.1 Å². The highest BCUT2D eigenvalue weighted by molar-refractivity contribution is 7.15. The van der Waals surface area contributed by atoms with E-state index in [1.54, 1.807) is 12.1 Å². The average molecular weight is 426 g/mol. The van der Waals surface area contributed by atoms with Crippen LogP contribution in [0.4, 0.5) is 5.13 Å². The van der Waals surface area contributed by atoms with Crippen molar-refractivity contribution in [3.63, 3.8) is 0 Å². The van der Waals surface area contributed by atoms with Gasteiger partial charge in [-0.15, -0.1) is 11.3 Å². The number of nitrogens with one attached hydrogen (secondary N) is 1. The number of carbonyl (C=O) groups is 1. The van der Waals surface area contributed by atoms with Gasteiger partial charge in [0.1, 0.15) is 5.52 Å². The Kier molecular flexibility index (Phi) is 5.06. The third-order valence-corrected chi connectivity index (χ3v) is 5.92. The SMILES string of the molecule is Cc1cccc(Cc2cnc(NC(=O)c3ccc4noc(-c5ccccc5)c4c3)s2)c1. The maximum absolute atomic E-state index is 12.8. The Bertz CT molecular complexity index is 1370. The van der Waals surface area contributed by atoms with Gasteiger partial charge in [-0.3, -0.25) is 10.1 Å². The Hall–Kier alpha value is -3.77. The molecule has 0 radical (unpaired) electrons. The first-order valence-corrected chi connectivity index (χ1v) is 10.7. The summed E-state index contributed by atoms with van der Waals surface area (Å²) in [7, 11) is 0. The van der Waals surface area contributed by atoms with E-state index in [2.05, 4.69) is 46.6 Å². The minimum atomic E-state index is -0.210. The summed E-state index contributed by atoms with van der Waals surface area (Å²) in [6, 6.07) is 23.5. The summed E-state index contributed by atoms with van der Waals surface area (Å²) in [5, 5.41) is 8.41. The zero-order valence-corrected chi connectivity index (χ0v) is 17.6. The Morgan fingerprint density at radius 3 is 2.74 bits per heavy atom. The minimum absolute atomic E-state index is 0.210. The van der Waals surface area contributed by atoms with Crippen LogP contribution < -0.4 is 5.32 Å². The lowest BCUT2D eigenvalue weighted by molar-refractivity contribution is 0.102. The topological polar surface area (TPSA) is 68.0 Å². The van der Waals surface area contributed by atoms with Crippen molar-refractivity contribution in [2.45, 2.75) is 13.3 Å². The van der Waals surface area contributed by atoms with Crippen molar-refractivity contribution >= 4 is 33.3 Å². The molecule has 0 spiro atoms. The van der Waals surface area contributed by atoms with Crippen LogP contribution in [0.3, 0.4) is 0 Å². The third kappa shape index (κ3) is 4.11. The highest BCUT2D eigenvalue weighted by Gasteiger charge is 2.15. The van der Waals surface area contributed by atoms with Gasteiger partial charge in [-0.05, 0) is 30.7 Å². The van der Waals surface area contributed by atoms with Crippen LogP contribution in [-0.4, -0.2) is 16.0 Å². The summed E-state index contributed by atoms with van der Waals surface area (Å²) in [4.78, 5) is 18.3. The molecule has 5 nitrogen and oxygen atoms in total. The van der Waals surface area contributed by atoms with Crippen LogP contribution in [0.25, 0.3) is 22.2 Å². The van der Waals surface area contributed by atoms with Gasteiger partial charge in [0.15, 0.2) is 10.9 Å². The molecule has 31 heavy (non-hydrogen) atoms. The maximum atomic E-state index is 12.8. The van der Waals surface area contributed by atoms with Crippen molar-refractivity contribution in [2.75, 3.05) is 5.32 Å². The number of aromatic nitrogens is 2. The molecule has 5 aromatic rings. The van der Waals surface area contributed by atoms with Crippen molar-refractivity contribution in [1.29, 1.82) is 0 Å². The molecule has 0 aliphatic carbocycles. The van der Waals surface area contributed by atoms with Gasteiger partial charge in [0.05, 0.1) is 5.39 Å². The molecule has 0 unspecified atom stereocenters. The predicted octanol–water partition coefficient (Wildman–Crippen LogP) is 6.10. The molecule has 3 aromatic carbocycles. The summed E-state index contributed by atoms with van der Waals surface area (Å²) in [5.41, 5.74) is 4.62. The molecule has 2 aromatic heterocycles. The standard InChI is InChI=1S/C25H19N3O2S/c1-16-6-5-7-17(12-16)13-20-15-26-25(31-20)27-24(29)19-10-11-22-21(14-19)23(30-28-22)18-8-3-2-4-9-18/h2-12,14-15H,13H2,1H3,(H,26,27,29). The molecule has 2 heterocycles. The van der Waals surface area contributed by atoms with Crippen LogP contribution in [0.15, 0.2) is 83.5 Å². The average Bonchev–Trinajstić information content (AvgIpc) is 3.40. The molecule has 1 N–H and O–H groups in total. The lowest BCUT2D eigenvalue weighted by atomic mass is 10.1. The molecule has 0 aliphatic rings. The van der Waals surface area contributed by atoms with Gasteiger partial charge < -0.3 is 4.52 Å².